The highest BCUT2D eigenvalue weighted by atomic mass is 19.1. The van der Waals surface area contributed by atoms with Crippen molar-refractivity contribution in [2.45, 2.75) is 33.7 Å². The molecule has 3 heteroatoms. The molecule has 1 atom stereocenters. The van der Waals surface area contributed by atoms with Gasteiger partial charge in [0.25, 0.3) is 0 Å². The average Bonchev–Trinajstić information content (AvgIpc) is 2.30. The summed E-state index contributed by atoms with van der Waals surface area (Å²) in [6, 6.07) is 6.90. The fourth-order valence-corrected chi connectivity index (χ4v) is 2.45. The van der Waals surface area contributed by atoms with E-state index < -0.39 is 0 Å². The number of halogens is 1. The molecule has 0 heterocycles. The lowest BCUT2D eigenvalue weighted by atomic mass is 10.0. The van der Waals surface area contributed by atoms with Crippen LogP contribution in [-0.2, 0) is 0 Å². The first-order valence-corrected chi connectivity index (χ1v) is 7.13. The largest absolute Gasteiger partial charge is 0.329 e. The lowest BCUT2D eigenvalue weighted by Gasteiger charge is -2.34. The van der Waals surface area contributed by atoms with Gasteiger partial charge >= 0.3 is 0 Å². The highest BCUT2D eigenvalue weighted by Gasteiger charge is 2.20. The zero-order valence-electron chi connectivity index (χ0n) is 12.6. The molecule has 2 nitrogen and oxygen atoms in total. The van der Waals surface area contributed by atoms with Crippen molar-refractivity contribution in [3.05, 3.63) is 35.6 Å². The van der Waals surface area contributed by atoms with Crippen LogP contribution in [0.5, 0.6) is 0 Å². The number of hydrogen-bond acceptors (Lipinski definition) is 2. The van der Waals surface area contributed by atoms with Crippen molar-refractivity contribution in [1.29, 1.82) is 0 Å². The molecule has 1 rings (SSSR count). The predicted molar refractivity (Wildman–Crippen MR) is 79.4 cm³/mol. The Kier molecular flexibility index (Phi) is 6.46. The van der Waals surface area contributed by atoms with Gasteiger partial charge in [-0.25, -0.2) is 4.39 Å². The maximum absolute atomic E-state index is 13.0. The fraction of sp³-hybridized carbons (Fsp3) is 0.625. The normalized spacial score (nSPS) is 13.5. The number of benzene rings is 1. The van der Waals surface area contributed by atoms with Crippen LogP contribution >= 0.6 is 0 Å². The summed E-state index contributed by atoms with van der Waals surface area (Å²) >= 11 is 0. The van der Waals surface area contributed by atoms with Gasteiger partial charge in [-0.2, -0.15) is 0 Å². The first kappa shape index (κ1) is 16.1. The molecule has 0 radical (unpaired) electrons. The minimum atomic E-state index is -0.196. The lowest BCUT2D eigenvalue weighted by molar-refractivity contribution is 0.160. The minimum Gasteiger partial charge on any atom is -0.329 e. The maximum Gasteiger partial charge on any atom is 0.123 e. The summed E-state index contributed by atoms with van der Waals surface area (Å²) in [5.41, 5.74) is 7.06. The van der Waals surface area contributed by atoms with Crippen molar-refractivity contribution in [2.75, 3.05) is 19.6 Å². The summed E-state index contributed by atoms with van der Waals surface area (Å²) in [4.78, 5) is 2.42. The van der Waals surface area contributed by atoms with Gasteiger partial charge in [-0.05, 0) is 29.5 Å². The van der Waals surface area contributed by atoms with Gasteiger partial charge in [0.1, 0.15) is 5.82 Å². The summed E-state index contributed by atoms with van der Waals surface area (Å²) in [7, 11) is 0. The summed E-state index contributed by atoms with van der Waals surface area (Å²) in [5, 5.41) is 0. The summed E-state index contributed by atoms with van der Waals surface area (Å²) in [5.74, 6) is 0.986. The number of rotatable bonds is 7. The van der Waals surface area contributed by atoms with Crippen LogP contribution in [0, 0.1) is 17.7 Å². The van der Waals surface area contributed by atoms with Crippen LogP contribution in [0.3, 0.4) is 0 Å². The Morgan fingerprint density at radius 1 is 1.00 bits per heavy atom. The topological polar surface area (TPSA) is 29.3 Å². The van der Waals surface area contributed by atoms with Crippen molar-refractivity contribution in [3.63, 3.8) is 0 Å². The van der Waals surface area contributed by atoms with E-state index in [1.165, 1.54) is 12.1 Å². The maximum atomic E-state index is 13.0. The van der Waals surface area contributed by atoms with E-state index in [-0.39, 0.29) is 11.9 Å². The van der Waals surface area contributed by atoms with Crippen LogP contribution in [0.15, 0.2) is 24.3 Å². The van der Waals surface area contributed by atoms with Crippen LogP contribution in [0.25, 0.3) is 0 Å². The second-order valence-corrected chi connectivity index (χ2v) is 6.04. The first-order valence-electron chi connectivity index (χ1n) is 7.13. The molecule has 0 aromatic heterocycles. The monoisotopic (exact) mass is 266 g/mol. The van der Waals surface area contributed by atoms with Crippen molar-refractivity contribution < 1.29 is 4.39 Å². The van der Waals surface area contributed by atoms with Crippen LogP contribution in [0.2, 0.25) is 0 Å². The van der Waals surface area contributed by atoms with Gasteiger partial charge in [0.05, 0.1) is 0 Å². The molecule has 19 heavy (non-hydrogen) atoms. The van der Waals surface area contributed by atoms with Crippen molar-refractivity contribution >= 4 is 0 Å². The Hall–Kier alpha value is -0.930. The number of nitrogens with two attached hydrogens (primary N) is 1. The molecule has 0 fully saturated rings. The molecule has 1 unspecified atom stereocenters. The molecule has 0 amide bonds. The standard InChI is InChI=1S/C16H27FN2/c1-12(2)10-19(11-13(3)4)16(9-18)14-5-7-15(17)8-6-14/h5-8,12-13,16H,9-11,18H2,1-4H3. The number of nitrogens with zero attached hydrogens (tertiary/aromatic N) is 1. The molecule has 108 valence electrons. The van der Waals surface area contributed by atoms with Crippen molar-refractivity contribution in [1.82, 2.24) is 4.90 Å². The second-order valence-electron chi connectivity index (χ2n) is 6.04. The van der Waals surface area contributed by atoms with Crippen molar-refractivity contribution in [3.8, 4) is 0 Å². The average molecular weight is 266 g/mol. The Balaban J connectivity index is 2.91. The zero-order chi connectivity index (χ0) is 14.4. The lowest BCUT2D eigenvalue weighted by Crippen LogP contribution is -2.38. The van der Waals surface area contributed by atoms with Gasteiger partial charge in [-0.15, -0.1) is 0 Å². The van der Waals surface area contributed by atoms with Gasteiger partial charge in [0.15, 0.2) is 0 Å². The molecule has 0 aliphatic heterocycles. The van der Waals surface area contributed by atoms with E-state index in [9.17, 15) is 4.39 Å². The van der Waals surface area contributed by atoms with E-state index in [0.717, 1.165) is 18.7 Å². The molecule has 0 aliphatic rings. The van der Waals surface area contributed by atoms with E-state index in [1.807, 2.05) is 12.1 Å². The smallest absolute Gasteiger partial charge is 0.123 e. The molecule has 0 spiro atoms. The van der Waals surface area contributed by atoms with E-state index in [1.54, 1.807) is 0 Å². The summed E-state index contributed by atoms with van der Waals surface area (Å²) < 4.78 is 13.0. The molecule has 0 saturated heterocycles. The van der Waals surface area contributed by atoms with Crippen LogP contribution in [0.1, 0.15) is 39.3 Å². The quantitative estimate of drug-likeness (QED) is 0.819. The Morgan fingerprint density at radius 2 is 1.47 bits per heavy atom. The third-order valence-electron chi connectivity index (χ3n) is 3.12. The Bertz CT molecular complexity index is 350. The highest BCUT2D eigenvalue weighted by Crippen LogP contribution is 2.22. The van der Waals surface area contributed by atoms with Crippen molar-refractivity contribution in [2.24, 2.45) is 17.6 Å². The third kappa shape index (κ3) is 5.29. The SMILES string of the molecule is CC(C)CN(CC(C)C)C(CN)c1ccc(F)cc1. The summed E-state index contributed by atoms with van der Waals surface area (Å²) in [6.45, 7) is 11.4. The van der Waals surface area contributed by atoms with E-state index in [4.69, 9.17) is 5.73 Å². The molecule has 0 aliphatic carbocycles. The molecular weight excluding hydrogens is 239 g/mol. The predicted octanol–water partition coefficient (Wildman–Crippen LogP) is 3.44. The minimum absolute atomic E-state index is 0.172. The van der Waals surface area contributed by atoms with Gasteiger partial charge in [0, 0.05) is 25.7 Å². The molecule has 1 aromatic carbocycles. The Morgan fingerprint density at radius 3 is 1.84 bits per heavy atom. The van der Waals surface area contributed by atoms with E-state index in [2.05, 4.69) is 32.6 Å². The fourth-order valence-electron chi connectivity index (χ4n) is 2.45. The zero-order valence-corrected chi connectivity index (χ0v) is 12.6. The second kappa shape index (κ2) is 7.61. The van der Waals surface area contributed by atoms with Crippen LogP contribution in [-0.4, -0.2) is 24.5 Å². The van der Waals surface area contributed by atoms with Gasteiger partial charge < -0.3 is 5.73 Å². The third-order valence-corrected chi connectivity index (χ3v) is 3.12. The van der Waals surface area contributed by atoms with Crippen LogP contribution in [0.4, 0.5) is 4.39 Å². The Labute approximate surface area is 116 Å². The number of hydrogen-bond donors (Lipinski definition) is 1. The van der Waals surface area contributed by atoms with Crippen LogP contribution < -0.4 is 5.73 Å². The van der Waals surface area contributed by atoms with Gasteiger partial charge in [-0.1, -0.05) is 39.8 Å². The molecule has 0 bridgehead atoms. The molecule has 0 saturated carbocycles. The molecule has 2 N–H and O–H groups in total. The van der Waals surface area contributed by atoms with Gasteiger partial charge in [-0.3, -0.25) is 4.90 Å². The highest BCUT2D eigenvalue weighted by molar-refractivity contribution is 5.20. The van der Waals surface area contributed by atoms with E-state index >= 15 is 0 Å². The van der Waals surface area contributed by atoms with Gasteiger partial charge in [0.2, 0.25) is 0 Å². The summed E-state index contributed by atoms with van der Waals surface area (Å²) in [6.07, 6.45) is 0. The molecular formula is C16H27FN2. The first-order chi connectivity index (χ1) is 8.93. The molecule has 1 aromatic rings. The van der Waals surface area contributed by atoms with E-state index in [0.29, 0.717) is 18.4 Å².